The summed E-state index contributed by atoms with van der Waals surface area (Å²) in [6, 6.07) is 8.41. The number of hydrogen-bond acceptors (Lipinski definition) is 4. The first kappa shape index (κ1) is 17.3. The molecule has 0 amide bonds. The molecule has 0 bridgehead atoms. The van der Waals surface area contributed by atoms with Gasteiger partial charge in [-0.3, -0.25) is 5.43 Å². The van der Waals surface area contributed by atoms with Crippen LogP contribution in [0, 0.1) is 6.92 Å². The summed E-state index contributed by atoms with van der Waals surface area (Å²) < 4.78 is 37.5. The van der Waals surface area contributed by atoms with Gasteiger partial charge in [-0.2, -0.15) is 18.3 Å². The average Bonchev–Trinajstić information content (AvgIpc) is 3.10. The predicted molar refractivity (Wildman–Crippen MR) is 93.1 cm³/mol. The molecule has 1 aromatic heterocycles. The molecule has 7 heteroatoms. The summed E-state index contributed by atoms with van der Waals surface area (Å²) in [5.74, 6) is 0.260. The van der Waals surface area contributed by atoms with Gasteiger partial charge in [0.2, 0.25) is 0 Å². The smallest absolute Gasteiger partial charge is 0.372 e. The van der Waals surface area contributed by atoms with E-state index >= 15 is 0 Å². The summed E-state index contributed by atoms with van der Waals surface area (Å²) in [6.45, 7) is 4.19. The minimum Gasteiger partial charge on any atom is -0.372 e. The molecule has 3 rings (SSSR count). The Bertz CT molecular complexity index is 748. The Kier molecular flexibility index (Phi) is 4.92. The lowest BCUT2D eigenvalue weighted by molar-refractivity contribution is -0.137. The standard InChI is InChI=1S/C18H19F3N4/c1-13-10-16(25-8-2-3-9-25)6-4-14(13)11-23-24-17-7-5-15(12-22-17)18(19,20)21/h4-7,10-12H,2-3,8-9H2,1H3,(H,22,24)/b23-11+. The van der Waals surface area contributed by atoms with Gasteiger partial charge in [-0.1, -0.05) is 6.07 Å². The molecule has 1 saturated heterocycles. The maximum absolute atomic E-state index is 12.5. The Morgan fingerprint density at radius 3 is 2.52 bits per heavy atom. The van der Waals surface area contributed by atoms with Crippen LogP contribution in [0.4, 0.5) is 24.7 Å². The van der Waals surface area contributed by atoms with Gasteiger partial charge in [0, 0.05) is 25.0 Å². The van der Waals surface area contributed by atoms with Crippen molar-refractivity contribution in [3.63, 3.8) is 0 Å². The first-order valence-corrected chi connectivity index (χ1v) is 8.11. The Balaban J connectivity index is 1.64. The molecular formula is C18H19F3N4. The quantitative estimate of drug-likeness (QED) is 0.655. The number of rotatable bonds is 4. The molecule has 0 aliphatic carbocycles. The number of aromatic nitrogens is 1. The molecule has 2 aromatic rings. The Morgan fingerprint density at radius 1 is 1.16 bits per heavy atom. The summed E-state index contributed by atoms with van der Waals surface area (Å²) in [4.78, 5) is 6.07. The van der Waals surface area contributed by atoms with E-state index in [-0.39, 0.29) is 5.82 Å². The fourth-order valence-electron chi connectivity index (χ4n) is 2.77. The molecule has 1 aromatic carbocycles. The zero-order valence-corrected chi connectivity index (χ0v) is 13.8. The van der Waals surface area contributed by atoms with Gasteiger partial charge >= 0.3 is 6.18 Å². The van der Waals surface area contributed by atoms with Gasteiger partial charge in [-0.05, 0) is 55.2 Å². The van der Waals surface area contributed by atoms with Gasteiger partial charge in [-0.15, -0.1) is 0 Å². The molecule has 0 unspecified atom stereocenters. The molecule has 4 nitrogen and oxygen atoms in total. The Hall–Kier alpha value is -2.57. The van der Waals surface area contributed by atoms with Crippen LogP contribution in [0.2, 0.25) is 0 Å². The first-order chi connectivity index (χ1) is 11.9. The van der Waals surface area contributed by atoms with Crippen LogP contribution in [-0.2, 0) is 6.18 Å². The molecule has 1 fully saturated rings. The summed E-state index contributed by atoms with van der Waals surface area (Å²) in [6.07, 6.45) is 0.498. The zero-order valence-electron chi connectivity index (χ0n) is 13.8. The number of anilines is 2. The fraction of sp³-hybridized carbons (Fsp3) is 0.333. The van der Waals surface area contributed by atoms with E-state index in [1.165, 1.54) is 24.6 Å². The molecule has 0 atom stereocenters. The van der Waals surface area contributed by atoms with Crippen LogP contribution >= 0.6 is 0 Å². The monoisotopic (exact) mass is 348 g/mol. The van der Waals surface area contributed by atoms with E-state index in [4.69, 9.17) is 0 Å². The maximum Gasteiger partial charge on any atom is 0.417 e. The van der Waals surface area contributed by atoms with Gasteiger partial charge in [0.05, 0.1) is 11.8 Å². The highest BCUT2D eigenvalue weighted by molar-refractivity contribution is 5.83. The van der Waals surface area contributed by atoms with Crippen molar-refractivity contribution in [1.29, 1.82) is 0 Å². The minimum absolute atomic E-state index is 0.260. The van der Waals surface area contributed by atoms with Crippen LogP contribution < -0.4 is 10.3 Å². The topological polar surface area (TPSA) is 40.5 Å². The molecule has 1 N–H and O–H groups in total. The molecule has 0 radical (unpaired) electrons. The summed E-state index contributed by atoms with van der Waals surface area (Å²) in [5, 5.41) is 4.06. The first-order valence-electron chi connectivity index (χ1n) is 8.11. The van der Waals surface area contributed by atoms with E-state index in [1.54, 1.807) is 6.21 Å². The van der Waals surface area contributed by atoms with E-state index in [9.17, 15) is 13.2 Å². The number of nitrogens with zero attached hydrogens (tertiary/aromatic N) is 3. The number of alkyl halides is 3. The number of nitrogens with one attached hydrogen (secondary N) is 1. The van der Waals surface area contributed by atoms with Gasteiger partial charge in [0.15, 0.2) is 0 Å². The highest BCUT2D eigenvalue weighted by atomic mass is 19.4. The lowest BCUT2D eigenvalue weighted by Gasteiger charge is -2.18. The van der Waals surface area contributed by atoms with Crippen molar-refractivity contribution >= 4 is 17.7 Å². The van der Waals surface area contributed by atoms with E-state index in [0.29, 0.717) is 0 Å². The van der Waals surface area contributed by atoms with Crippen molar-refractivity contribution in [3.8, 4) is 0 Å². The molecular weight excluding hydrogens is 329 g/mol. The van der Waals surface area contributed by atoms with Crippen molar-refractivity contribution < 1.29 is 13.2 Å². The van der Waals surface area contributed by atoms with Crippen LogP contribution in [0.3, 0.4) is 0 Å². The number of hydrazone groups is 1. The van der Waals surface area contributed by atoms with Crippen molar-refractivity contribution in [2.75, 3.05) is 23.4 Å². The number of halogens is 3. The molecule has 0 saturated carbocycles. The third-order valence-corrected chi connectivity index (χ3v) is 4.20. The summed E-state index contributed by atoms with van der Waals surface area (Å²) in [7, 11) is 0. The van der Waals surface area contributed by atoms with Crippen LogP contribution in [-0.4, -0.2) is 24.3 Å². The van der Waals surface area contributed by atoms with E-state index in [0.717, 1.165) is 36.5 Å². The lowest BCUT2D eigenvalue weighted by Crippen LogP contribution is -2.17. The van der Waals surface area contributed by atoms with E-state index < -0.39 is 11.7 Å². The normalized spacial score (nSPS) is 15.1. The van der Waals surface area contributed by atoms with Crippen molar-refractivity contribution in [1.82, 2.24) is 4.98 Å². The second-order valence-corrected chi connectivity index (χ2v) is 6.03. The highest BCUT2D eigenvalue weighted by Crippen LogP contribution is 2.28. The van der Waals surface area contributed by atoms with E-state index in [2.05, 4.69) is 32.5 Å². The fourth-order valence-corrected chi connectivity index (χ4v) is 2.77. The second kappa shape index (κ2) is 7.13. The number of benzene rings is 1. The molecule has 132 valence electrons. The Labute approximate surface area is 144 Å². The van der Waals surface area contributed by atoms with E-state index in [1.807, 2.05) is 13.0 Å². The van der Waals surface area contributed by atoms with Gasteiger partial charge < -0.3 is 4.90 Å². The number of aryl methyl sites for hydroxylation is 1. The summed E-state index contributed by atoms with van der Waals surface area (Å²) >= 11 is 0. The van der Waals surface area contributed by atoms with Crippen LogP contribution in [0.1, 0.15) is 29.5 Å². The molecule has 2 heterocycles. The van der Waals surface area contributed by atoms with Crippen LogP contribution in [0.5, 0.6) is 0 Å². The van der Waals surface area contributed by atoms with Gasteiger partial charge in [-0.25, -0.2) is 4.98 Å². The van der Waals surface area contributed by atoms with Crippen LogP contribution in [0.15, 0.2) is 41.6 Å². The van der Waals surface area contributed by atoms with Gasteiger partial charge in [0.25, 0.3) is 0 Å². The Morgan fingerprint density at radius 2 is 1.92 bits per heavy atom. The van der Waals surface area contributed by atoms with Crippen molar-refractivity contribution in [2.24, 2.45) is 5.10 Å². The largest absolute Gasteiger partial charge is 0.417 e. The SMILES string of the molecule is Cc1cc(N2CCCC2)ccc1/C=N/Nc1ccc(C(F)(F)F)cn1. The average molecular weight is 348 g/mol. The third-order valence-electron chi connectivity index (χ3n) is 4.20. The molecule has 1 aliphatic heterocycles. The maximum atomic E-state index is 12.5. The third kappa shape index (κ3) is 4.29. The highest BCUT2D eigenvalue weighted by Gasteiger charge is 2.30. The molecule has 0 spiro atoms. The zero-order chi connectivity index (χ0) is 17.9. The van der Waals surface area contributed by atoms with Gasteiger partial charge in [0.1, 0.15) is 5.82 Å². The number of pyridine rings is 1. The van der Waals surface area contributed by atoms with Crippen LogP contribution in [0.25, 0.3) is 0 Å². The molecule has 25 heavy (non-hydrogen) atoms. The predicted octanol–water partition coefficient (Wildman–Crippen LogP) is 4.46. The second-order valence-electron chi connectivity index (χ2n) is 6.03. The van der Waals surface area contributed by atoms with Crippen molar-refractivity contribution in [2.45, 2.75) is 25.9 Å². The molecule has 1 aliphatic rings. The van der Waals surface area contributed by atoms with Crippen molar-refractivity contribution in [3.05, 3.63) is 53.2 Å². The number of hydrogen-bond donors (Lipinski definition) is 1. The lowest BCUT2D eigenvalue weighted by atomic mass is 10.1. The summed E-state index contributed by atoms with van der Waals surface area (Å²) in [5.41, 5.74) is 5.12. The minimum atomic E-state index is -4.39.